The number of fused-ring (bicyclic) bond motifs is 1. The molecule has 0 aromatic heterocycles. The SMILES string of the molecule is C=C(C)C1CCC2CC(O)CC(C)C2(C)C1. The summed E-state index contributed by atoms with van der Waals surface area (Å²) in [5.74, 6) is 2.11. The highest BCUT2D eigenvalue weighted by atomic mass is 16.3. The van der Waals surface area contributed by atoms with Crippen molar-refractivity contribution in [2.24, 2.45) is 23.2 Å². The molecule has 1 N–H and O–H groups in total. The third-order valence-electron chi connectivity index (χ3n) is 5.49. The highest BCUT2D eigenvalue weighted by Gasteiger charge is 2.47. The highest BCUT2D eigenvalue weighted by molar-refractivity contribution is 5.05. The molecule has 2 fully saturated rings. The van der Waals surface area contributed by atoms with Crippen LogP contribution in [0.2, 0.25) is 0 Å². The second-order valence-electron chi connectivity index (χ2n) is 6.55. The van der Waals surface area contributed by atoms with Gasteiger partial charge in [0.25, 0.3) is 0 Å². The van der Waals surface area contributed by atoms with E-state index in [1.807, 2.05) is 0 Å². The predicted molar refractivity (Wildman–Crippen MR) is 68.2 cm³/mol. The van der Waals surface area contributed by atoms with Crippen LogP contribution in [-0.2, 0) is 0 Å². The molecule has 0 amide bonds. The molecule has 0 spiro atoms. The van der Waals surface area contributed by atoms with Crippen LogP contribution in [0.4, 0.5) is 0 Å². The fourth-order valence-corrected chi connectivity index (χ4v) is 4.04. The van der Waals surface area contributed by atoms with Gasteiger partial charge >= 0.3 is 0 Å². The van der Waals surface area contributed by atoms with Crippen LogP contribution < -0.4 is 0 Å². The number of hydrogen-bond acceptors (Lipinski definition) is 1. The van der Waals surface area contributed by atoms with E-state index in [2.05, 4.69) is 27.4 Å². The monoisotopic (exact) mass is 222 g/mol. The van der Waals surface area contributed by atoms with Gasteiger partial charge in [0.05, 0.1) is 6.10 Å². The molecule has 5 atom stereocenters. The summed E-state index contributed by atoms with van der Waals surface area (Å²) < 4.78 is 0. The van der Waals surface area contributed by atoms with Crippen LogP contribution in [0, 0.1) is 23.2 Å². The molecule has 0 bridgehead atoms. The third kappa shape index (κ3) is 1.95. The molecule has 0 saturated heterocycles. The first-order chi connectivity index (χ1) is 7.43. The van der Waals surface area contributed by atoms with Crippen LogP contribution in [0.5, 0.6) is 0 Å². The van der Waals surface area contributed by atoms with Gasteiger partial charge in [-0.15, -0.1) is 0 Å². The molecule has 16 heavy (non-hydrogen) atoms. The fourth-order valence-electron chi connectivity index (χ4n) is 4.04. The van der Waals surface area contributed by atoms with Crippen molar-refractivity contribution < 1.29 is 5.11 Å². The Morgan fingerprint density at radius 1 is 1.31 bits per heavy atom. The summed E-state index contributed by atoms with van der Waals surface area (Å²) in [5, 5.41) is 9.89. The number of allylic oxidation sites excluding steroid dienone is 1. The molecule has 5 unspecified atom stereocenters. The van der Waals surface area contributed by atoms with Crippen molar-refractivity contribution in [3.8, 4) is 0 Å². The van der Waals surface area contributed by atoms with Crippen molar-refractivity contribution in [3.63, 3.8) is 0 Å². The van der Waals surface area contributed by atoms with Crippen molar-refractivity contribution in [2.75, 3.05) is 0 Å². The standard InChI is InChI=1S/C15H26O/c1-10(2)12-5-6-13-8-14(16)7-11(3)15(13,4)9-12/h11-14,16H,1,5-9H2,2-4H3. The molecule has 1 heteroatoms. The van der Waals surface area contributed by atoms with Crippen molar-refractivity contribution in [3.05, 3.63) is 12.2 Å². The van der Waals surface area contributed by atoms with Crippen LogP contribution in [0.15, 0.2) is 12.2 Å². The van der Waals surface area contributed by atoms with Crippen LogP contribution in [0.3, 0.4) is 0 Å². The molecule has 92 valence electrons. The Kier molecular flexibility index (Phi) is 3.18. The van der Waals surface area contributed by atoms with E-state index in [1.54, 1.807) is 0 Å². The molecule has 2 rings (SSSR count). The van der Waals surface area contributed by atoms with Crippen LogP contribution in [-0.4, -0.2) is 11.2 Å². The minimum absolute atomic E-state index is 0.0468. The Bertz CT molecular complexity index is 283. The normalized spacial score (nSPS) is 48.5. The van der Waals surface area contributed by atoms with Gasteiger partial charge < -0.3 is 5.11 Å². The third-order valence-corrected chi connectivity index (χ3v) is 5.49. The maximum atomic E-state index is 9.89. The summed E-state index contributed by atoms with van der Waals surface area (Å²) in [7, 11) is 0. The quantitative estimate of drug-likeness (QED) is 0.669. The summed E-state index contributed by atoms with van der Waals surface area (Å²) in [4.78, 5) is 0. The van der Waals surface area contributed by atoms with Gasteiger partial charge in [0.2, 0.25) is 0 Å². The van der Waals surface area contributed by atoms with Gasteiger partial charge in [-0.2, -0.15) is 0 Å². The maximum Gasteiger partial charge on any atom is 0.0545 e. The summed E-state index contributed by atoms with van der Waals surface area (Å²) in [6.07, 6.45) is 5.85. The van der Waals surface area contributed by atoms with Gasteiger partial charge in [-0.25, -0.2) is 0 Å². The Morgan fingerprint density at radius 2 is 2.00 bits per heavy atom. The minimum atomic E-state index is -0.0468. The largest absolute Gasteiger partial charge is 0.393 e. The summed E-state index contributed by atoms with van der Waals surface area (Å²) in [6, 6.07) is 0. The predicted octanol–water partition coefficient (Wildman–Crippen LogP) is 3.78. The van der Waals surface area contributed by atoms with E-state index < -0.39 is 0 Å². The summed E-state index contributed by atoms with van der Waals surface area (Å²) >= 11 is 0. The van der Waals surface area contributed by atoms with E-state index in [0.717, 1.165) is 24.7 Å². The van der Waals surface area contributed by atoms with E-state index in [1.165, 1.54) is 24.8 Å². The lowest BCUT2D eigenvalue weighted by Crippen LogP contribution is -2.46. The van der Waals surface area contributed by atoms with Crippen LogP contribution >= 0.6 is 0 Å². The van der Waals surface area contributed by atoms with E-state index in [-0.39, 0.29) is 6.10 Å². The molecular formula is C15H26O. The Labute approximate surface area is 99.9 Å². The molecule has 0 radical (unpaired) electrons. The average Bonchev–Trinajstić information content (AvgIpc) is 2.19. The molecule has 1 nitrogen and oxygen atoms in total. The molecule has 0 aromatic rings. The highest BCUT2D eigenvalue weighted by Crippen LogP contribution is 2.55. The Hall–Kier alpha value is -0.300. The van der Waals surface area contributed by atoms with Crippen molar-refractivity contribution in [1.82, 2.24) is 0 Å². The first kappa shape index (κ1) is 12.2. The first-order valence-corrected chi connectivity index (χ1v) is 6.77. The fraction of sp³-hybridized carbons (Fsp3) is 0.867. The molecule has 0 heterocycles. The summed E-state index contributed by atoms with van der Waals surface area (Å²) in [5.41, 5.74) is 1.80. The second-order valence-corrected chi connectivity index (χ2v) is 6.55. The van der Waals surface area contributed by atoms with E-state index in [4.69, 9.17) is 0 Å². The van der Waals surface area contributed by atoms with E-state index >= 15 is 0 Å². The van der Waals surface area contributed by atoms with Gasteiger partial charge in [0.1, 0.15) is 0 Å². The zero-order chi connectivity index (χ0) is 11.9. The lowest BCUT2D eigenvalue weighted by atomic mass is 9.53. The number of aliphatic hydroxyl groups excluding tert-OH is 1. The average molecular weight is 222 g/mol. The van der Waals surface area contributed by atoms with E-state index in [0.29, 0.717) is 11.3 Å². The van der Waals surface area contributed by atoms with Gasteiger partial charge in [-0.1, -0.05) is 26.0 Å². The molecule has 2 aliphatic rings. The minimum Gasteiger partial charge on any atom is -0.393 e. The smallest absolute Gasteiger partial charge is 0.0545 e. The van der Waals surface area contributed by atoms with Crippen LogP contribution in [0.25, 0.3) is 0 Å². The van der Waals surface area contributed by atoms with Gasteiger partial charge in [-0.3, -0.25) is 0 Å². The Morgan fingerprint density at radius 3 is 2.62 bits per heavy atom. The molecule has 0 aromatic carbocycles. The zero-order valence-electron chi connectivity index (χ0n) is 11.0. The van der Waals surface area contributed by atoms with Gasteiger partial charge in [0, 0.05) is 0 Å². The molecule has 2 aliphatic carbocycles. The second kappa shape index (κ2) is 4.18. The Balaban J connectivity index is 2.16. The number of aliphatic hydroxyl groups is 1. The molecule has 0 aliphatic heterocycles. The van der Waals surface area contributed by atoms with E-state index in [9.17, 15) is 5.11 Å². The lowest BCUT2D eigenvalue weighted by Gasteiger charge is -2.53. The molecule has 2 saturated carbocycles. The number of rotatable bonds is 1. The van der Waals surface area contributed by atoms with Crippen molar-refractivity contribution >= 4 is 0 Å². The lowest BCUT2D eigenvalue weighted by molar-refractivity contribution is -0.0598. The van der Waals surface area contributed by atoms with Gasteiger partial charge in [-0.05, 0) is 62.2 Å². The molecular weight excluding hydrogens is 196 g/mol. The zero-order valence-corrected chi connectivity index (χ0v) is 11.0. The topological polar surface area (TPSA) is 20.2 Å². The van der Waals surface area contributed by atoms with Crippen molar-refractivity contribution in [1.29, 1.82) is 0 Å². The first-order valence-electron chi connectivity index (χ1n) is 6.77. The van der Waals surface area contributed by atoms with Crippen LogP contribution in [0.1, 0.15) is 52.9 Å². The summed E-state index contributed by atoms with van der Waals surface area (Å²) in [6.45, 7) is 11.1. The number of hydrogen-bond donors (Lipinski definition) is 1. The van der Waals surface area contributed by atoms with Gasteiger partial charge in [0.15, 0.2) is 0 Å². The maximum absolute atomic E-state index is 9.89. The van der Waals surface area contributed by atoms with Crippen molar-refractivity contribution in [2.45, 2.75) is 59.0 Å².